The number of nitrogens with zero attached hydrogens (tertiary/aromatic N) is 1. The van der Waals surface area contributed by atoms with E-state index < -0.39 is 10.8 Å². The first-order valence-corrected chi connectivity index (χ1v) is 7.53. The quantitative estimate of drug-likeness (QED) is 0.883. The van der Waals surface area contributed by atoms with Crippen LogP contribution in [0.25, 0.3) is 0 Å². The molecule has 0 saturated carbocycles. The van der Waals surface area contributed by atoms with E-state index in [4.69, 9.17) is 5.73 Å². The molecule has 3 nitrogen and oxygen atoms in total. The zero-order valence-electron chi connectivity index (χ0n) is 9.89. The summed E-state index contributed by atoms with van der Waals surface area (Å²) >= 11 is 3.33. The van der Waals surface area contributed by atoms with Gasteiger partial charge in [-0.05, 0) is 36.8 Å². The molecule has 0 aliphatic heterocycles. The predicted molar refractivity (Wildman–Crippen MR) is 77.6 cm³/mol. The number of nitrogens with two attached hydrogens (primary N) is 1. The van der Waals surface area contributed by atoms with Crippen molar-refractivity contribution in [1.29, 1.82) is 0 Å². The third-order valence-corrected chi connectivity index (χ3v) is 4.49. The SMILES string of the molecule is Cc1cccnc1CS(=O)c1ccc(Br)cc1N. The van der Waals surface area contributed by atoms with Crippen LogP contribution in [0.3, 0.4) is 0 Å². The lowest BCUT2D eigenvalue weighted by Crippen LogP contribution is -2.03. The fourth-order valence-electron chi connectivity index (χ4n) is 1.60. The average Bonchev–Trinajstić information content (AvgIpc) is 2.32. The number of anilines is 1. The number of hydrogen-bond donors (Lipinski definition) is 1. The molecule has 0 spiro atoms. The van der Waals surface area contributed by atoms with Crippen molar-refractivity contribution in [3.8, 4) is 0 Å². The minimum atomic E-state index is -1.17. The van der Waals surface area contributed by atoms with Gasteiger partial charge in [-0.1, -0.05) is 22.0 Å². The number of pyridine rings is 1. The summed E-state index contributed by atoms with van der Waals surface area (Å²) in [5, 5.41) is 0. The molecule has 18 heavy (non-hydrogen) atoms. The van der Waals surface area contributed by atoms with Crippen molar-refractivity contribution < 1.29 is 4.21 Å². The molecule has 2 N–H and O–H groups in total. The fourth-order valence-corrected chi connectivity index (χ4v) is 3.22. The second kappa shape index (κ2) is 5.63. The van der Waals surface area contributed by atoms with Gasteiger partial charge in [-0.15, -0.1) is 0 Å². The lowest BCUT2D eigenvalue weighted by molar-refractivity contribution is 0.682. The van der Waals surface area contributed by atoms with E-state index in [9.17, 15) is 4.21 Å². The summed E-state index contributed by atoms with van der Waals surface area (Å²) in [6, 6.07) is 9.22. The molecule has 0 bridgehead atoms. The van der Waals surface area contributed by atoms with Crippen molar-refractivity contribution in [2.45, 2.75) is 17.6 Å². The number of aromatic nitrogens is 1. The van der Waals surface area contributed by atoms with Crippen LogP contribution in [0, 0.1) is 6.92 Å². The first-order chi connectivity index (χ1) is 8.58. The van der Waals surface area contributed by atoms with E-state index in [2.05, 4.69) is 20.9 Å². The van der Waals surface area contributed by atoms with Crippen LogP contribution in [0.15, 0.2) is 45.9 Å². The number of aryl methyl sites for hydroxylation is 1. The predicted octanol–water partition coefficient (Wildman–Crippen LogP) is 3.04. The molecule has 1 atom stereocenters. The highest BCUT2D eigenvalue weighted by Gasteiger charge is 2.11. The Morgan fingerprint density at radius 2 is 2.17 bits per heavy atom. The molecule has 1 heterocycles. The highest BCUT2D eigenvalue weighted by molar-refractivity contribution is 9.10. The van der Waals surface area contributed by atoms with Gasteiger partial charge in [-0.25, -0.2) is 0 Å². The summed E-state index contributed by atoms with van der Waals surface area (Å²) in [5.41, 5.74) is 8.30. The molecule has 1 aromatic carbocycles. The molecule has 0 amide bonds. The minimum Gasteiger partial charge on any atom is -0.398 e. The Bertz CT molecular complexity index is 601. The molecule has 0 fully saturated rings. The molecule has 2 aromatic rings. The normalized spacial score (nSPS) is 12.3. The van der Waals surface area contributed by atoms with Crippen LogP contribution in [0.2, 0.25) is 0 Å². The lowest BCUT2D eigenvalue weighted by Gasteiger charge is -2.07. The summed E-state index contributed by atoms with van der Waals surface area (Å²) in [4.78, 5) is 4.90. The number of nitrogen functional groups attached to an aromatic ring is 1. The van der Waals surface area contributed by atoms with Crippen molar-refractivity contribution >= 4 is 32.4 Å². The second-order valence-electron chi connectivity index (χ2n) is 3.94. The van der Waals surface area contributed by atoms with E-state index in [0.29, 0.717) is 16.3 Å². The molecular formula is C13H13BrN2OS. The monoisotopic (exact) mass is 324 g/mol. The molecule has 5 heteroatoms. The maximum Gasteiger partial charge on any atom is 0.0709 e. The number of hydrogen-bond acceptors (Lipinski definition) is 3. The van der Waals surface area contributed by atoms with Gasteiger partial charge >= 0.3 is 0 Å². The summed E-state index contributed by atoms with van der Waals surface area (Å²) in [5.74, 6) is 0.387. The van der Waals surface area contributed by atoms with Crippen molar-refractivity contribution in [3.05, 3.63) is 52.3 Å². The molecular weight excluding hydrogens is 312 g/mol. The highest BCUT2D eigenvalue weighted by atomic mass is 79.9. The average molecular weight is 325 g/mol. The van der Waals surface area contributed by atoms with Crippen LogP contribution in [0.1, 0.15) is 11.3 Å². The minimum absolute atomic E-state index is 0.387. The molecule has 0 aliphatic rings. The third-order valence-electron chi connectivity index (χ3n) is 2.60. The summed E-state index contributed by atoms with van der Waals surface area (Å²) < 4.78 is 13.2. The topological polar surface area (TPSA) is 56.0 Å². The fraction of sp³-hybridized carbons (Fsp3) is 0.154. The Morgan fingerprint density at radius 3 is 2.83 bits per heavy atom. The van der Waals surface area contributed by atoms with E-state index in [-0.39, 0.29) is 0 Å². The van der Waals surface area contributed by atoms with Gasteiger partial charge in [0.05, 0.1) is 27.1 Å². The Labute approximate surface area is 117 Å². The number of benzene rings is 1. The van der Waals surface area contributed by atoms with Crippen LogP contribution >= 0.6 is 15.9 Å². The van der Waals surface area contributed by atoms with Gasteiger partial charge in [0.15, 0.2) is 0 Å². The highest BCUT2D eigenvalue weighted by Crippen LogP contribution is 2.23. The van der Waals surface area contributed by atoms with Gasteiger partial charge in [0, 0.05) is 16.4 Å². The standard InChI is InChI=1S/C13H13BrN2OS/c1-9-3-2-6-16-12(9)8-18(17)13-5-4-10(14)7-11(13)15/h2-7H,8,15H2,1H3. The van der Waals surface area contributed by atoms with Crippen LogP contribution in [0.4, 0.5) is 5.69 Å². The molecule has 2 rings (SSSR count). The van der Waals surface area contributed by atoms with E-state index in [1.165, 1.54) is 0 Å². The molecule has 94 valence electrons. The summed E-state index contributed by atoms with van der Waals surface area (Å²) in [6.45, 7) is 1.96. The molecule has 1 aromatic heterocycles. The van der Waals surface area contributed by atoms with Gasteiger partial charge in [0.2, 0.25) is 0 Å². The van der Waals surface area contributed by atoms with Crippen molar-refractivity contribution in [2.75, 3.05) is 5.73 Å². The van der Waals surface area contributed by atoms with Gasteiger partial charge in [-0.3, -0.25) is 9.19 Å². The maximum atomic E-state index is 12.3. The Morgan fingerprint density at radius 1 is 1.39 bits per heavy atom. The Hall–Kier alpha value is -1.20. The van der Waals surface area contributed by atoms with E-state index in [1.807, 2.05) is 25.1 Å². The van der Waals surface area contributed by atoms with Crippen LogP contribution in [-0.2, 0) is 16.6 Å². The molecule has 0 saturated heterocycles. The third kappa shape index (κ3) is 2.97. The van der Waals surface area contributed by atoms with Crippen LogP contribution in [0.5, 0.6) is 0 Å². The zero-order valence-corrected chi connectivity index (χ0v) is 12.3. The van der Waals surface area contributed by atoms with Crippen molar-refractivity contribution in [2.24, 2.45) is 0 Å². The van der Waals surface area contributed by atoms with Crippen molar-refractivity contribution in [1.82, 2.24) is 4.98 Å². The van der Waals surface area contributed by atoms with E-state index in [1.54, 1.807) is 18.3 Å². The zero-order chi connectivity index (χ0) is 13.1. The van der Waals surface area contributed by atoms with Gasteiger partial charge in [-0.2, -0.15) is 0 Å². The van der Waals surface area contributed by atoms with Gasteiger partial charge in [0.1, 0.15) is 0 Å². The van der Waals surface area contributed by atoms with Crippen molar-refractivity contribution in [3.63, 3.8) is 0 Å². The second-order valence-corrected chi connectivity index (χ2v) is 6.27. The molecule has 0 aliphatic carbocycles. The largest absolute Gasteiger partial charge is 0.398 e. The number of halogens is 1. The van der Waals surface area contributed by atoms with Crippen LogP contribution in [-0.4, -0.2) is 9.19 Å². The van der Waals surface area contributed by atoms with E-state index >= 15 is 0 Å². The van der Waals surface area contributed by atoms with Gasteiger partial charge < -0.3 is 5.73 Å². The number of rotatable bonds is 3. The van der Waals surface area contributed by atoms with Gasteiger partial charge in [0.25, 0.3) is 0 Å². The Balaban J connectivity index is 2.25. The molecule has 1 unspecified atom stereocenters. The molecule has 0 radical (unpaired) electrons. The smallest absolute Gasteiger partial charge is 0.0709 e. The summed E-state index contributed by atoms with van der Waals surface area (Å²) in [6.07, 6.45) is 1.71. The van der Waals surface area contributed by atoms with Crippen LogP contribution < -0.4 is 5.73 Å². The summed E-state index contributed by atoms with van der Waals surface area (Å²) in [7, 11) is -1.17. The first kappa shape index (κ1) is 13.2. The first-order valence-electron chi connectivity index (χ1n) is 5.42. The lowest BCUT2D eigenvalue weighted by atomic mass is 10.2. The van der Waals surface area contributed by atoms with E-state index in [0.717, 1.165) is 15.7 Å². The Kier molecular flexibility index (Phi) is 4.14. The maximum absolute atomic E-state index is 12.3.